The van der Waals surface area contributed by atoms with Gasteiger partial charge in [0.25, 0.3) is 0 Å². The lowest BCUT2D eigenvalue weighted by Gasteiger charge is -2.12. The lowest BCUT2D eigenvalue weighted by atomic mass is 10.7. The molecule has 96 valence electrons. The Morgan fingerprint density at radius 2 is 2.06 bits per heavy atom. The highest BCUT2D eigenvalue weighted by Crippen LogP contribution is 2.17. The molecule has 0 saturated carbocycles. The summed E-state index contributed by atoms with van der Waals surface area (Å²) in [7, 11) is 5.51. The van der Waals surface area contributed by atoms with Gasteiger partial charge in [-0.2, -0.15) is 15.0 Å². The molecule has 17 heavy (non-hydrogen) atoms. The standard InChI is InChI=1S/C10H19N5OS/c1-5-11-8-12-9(15(2)3)14-10(13-8)17-7-6-16-4/h5-7H2,1-4H3,(H,11,12,13,14). The Hall–Kier alpha value is -1.08. The van der Waals surface area contributed by atoms with Crippen molar-refractivity contribution >= 4 is 23.7 Å². The van der Waals surface area contributed by atoms with Crippen LogP contribution in [0.15, 0.2) is 5.16 Å². The first-order valence-corrected chi connectivity index (χ1v) is 6.45. The molecule has 1 N–H and O–H groups in total. The van der Waals surface area contributed by atoms with Gasteiger partial charge in [0.2, 0.25) is 11.9 Å². The van der Waals surface area contributed by atoms with Crippen LogP contribution in [0.25, 0.3) is 0 Å². The molecule has 0 aliphatic rings. The van der Waals surface area contributed by atoms with Crippen molar-refractivity contribution in [2.45, 2.75) is 12.1 Å². The van der Waals surface area contributed by atoms with E-state index < -0.39 is 0 Å². The smallest absolute Gasteiger partial charge is 0.230 e. The Morgan fingerprint density at radius 1 is 1.29 bits per heavy atom. The van der Waals surface area contributed by atoms with Crippen molar-refractivity contribution in [2.24, 2.45) is 0 Å². The number of thioether (sulfide) groups is 1. The fourth-order valence-corrected chi connectivity index (χ4v) is 1.79. The first-order chi connectivity index (χ1) is 8.17. The van der Waals surface area contributed by atoms with Crippen LogP contribution in [0.5, 0.6) is 0 Å². The molecule has 0 radical (unpaired) electrons. The van der Waals surface area contributed by atoms with Gasteiger partial charge >= 0.3 is 0 Å². The maximum atomic E-state index is 5.00. The first-order valence-electron chi connectivity index (χ1n) is 5.46. The molecule has 0 bridgehead atoms. The normalized spacial score (nSPS) is 10.4. The van der Waals surface area contributed by atoms with Crippen molar-refractivity contribution in [1.82, 2.24) is 15.0 Å². The van der Waals surface area contributed by atoms with Crippen LogP contribution in [0.2, 0.25) is 0 Å². The molecule has 0 aliphatic carbocycles. The third-order valence-electron chi connectivity index (χ3n) is 1.86. The SMILES string of the molecule is CCNc1nc(SCCOC)nc(N(C)C)n1. The van der Waals surface area contributed by atoms with Gasteiger partial charge in [0.1, 0.15) is 0 Å². The van der Waals surface area contributed by atoms with Gasteiger partial charge in [0, 0.05) is 33.5 Å². The summed E-state index contributed by atoms with van der Waals surface area (Å²) < 4.78 is 5.00. The molecule has 0 unspecified atom stereocenters. The minimum atomic E-state index is 0.617. The zero-order valence-corrected chi connectivity index (χ0v) is 11.5. The summed E-state index contributed by atoms with van der Waals surface area (Å²) >= 11 is 1.56. The molecule has 1 rings (SSSR count). The molecule has 0 amide bonds. The van der Waals surface area contributed by atoms with E-state index in [4.69, 9.17) is 4.74 Å². The van der Waals surface area contributed by atoms with E-state index in [1.807, 2.05) is 25.9 Å². The summed E-state index contributed by atoms with van der Waals surface area (Å²) in [6, 6.07) is 0. The van der Waals surface area contributed by atoms with Crippen molar-refractivity contribution in [2.75, 3.05) is 50.3 Å². The van der Waals surface area contributed by atoms with Crippen molar-refractivity contribution in [3.05, 3.63) is 0 Å². The van der Waals surface area contributed by atoms with E-state index in [1.165, 1.54) is 0 Å². The van der Waals surface area contributed by atoms with Gasteiger partial charge in [0.05, 0.1) is 6.61 Å². The molecular formula is C10H19N5OS. The molecule has 1 heterocycles. The molecule has 1 aromatic heterocycles. The second kappa shape index (κ2) is 7.29. The number of ether oxygens (including phenoxy) is 1. The Morgan fingerprint density at radius 3 is 2.65 bits per heavy atom. The number of rotatable bonds is 7. The van der Waals surface area contributed by atoms with E-state index in [2.05, 4.69) is 20.3 Å². The number of aromatic nitrogens is 3. The number of nitrogens with one attached hydrogen (secondary N) is 1. The van der Waals surface area contributed by atoms with Gasteiger partial charge in [-0.1, -0.05) is 11.8 Å². The van der Waals surface area contributed by atoms with E-state index >= 15 is 0 Å². The number of anilines is 2. The summed E-state index contributed by atoms with van der Waals surface area (Å²) in [6.07, 6.45) is 0. The topological polar surface area (TPSA) is 63.2 Å². The second-order valence-corrected chi connectivity index (χ2v) is 4.57. The zero-order chi connectivity index (χ0) is 12.7. The van der Waals surface area contributed by atoms with Crippen molar-refractivity contribution < 1.29 is 4.74 Å². The summed E-state index contributed by atoms with van der Waals surface area (Å²) in [6.45, 7) is 3.49. The van der Waals surface area contributed by atoms with Gasteiger partial charge < -0.3 is 15.0 Å². The predicted molar refractivity (Wildman–Crippen MR) is 70.9 cm³/mol. The minimum absolute atomic E-state index is 0.617. The van der Waals surface area contributed by atoms with Gasteiger partial charge in [-0.3, -0.25) is 0 Å². The zero-order valence-electron chi connectivity index (χ0n) is 10.7. The fourth-order valence-electron chi connectivity index (χ4n) is 1.06. The largest absolute Gasteiger partial charge is 0.384 e. The lowest BCUT2D eigenvalue weighted by molar-refractivity contribution is 0.218. The van der Waals surface area contributed by atoms with Crippen molar-refractivity contribution in [3.63, 3.8) is 0 Å². The van der Waals surface area contributed by atoms with Crippen LogP contribution in [0.3, 0.4) is 0 Å². The van der Waals surface area contributed by atoms with Crippen LogP contribution in [0.1, 0.15) is 6.92 Å². The average Bonchev–Trinajstić information content (AvgIpc) is 2.29. The highest BCUT2D eigenvalue weighted by molar-refractivity contribution is 7.99. The van der Waals surface area contributed by atoms with E-state index in [9.17, 15) is 0 Å². The van der Waals surface area contributed by atoms with Crippen LogP contribution in [-0.2, 0) is 4.74 Å². The molecule has 0 spiro atoms. The Balaban J connectivity index is 2.79. The molecule has 0 aromatic carbocycles. The van der Waals surface area contributed by atoms with Crippen LogP contribution in [0.4, 0.5) is 11.9 Å². The van der Waals surface area contributed by atoms with Crippen LogP contribution in [0, 0.1) is 0 Å². The number of hydrogen-bond acceptors (Lipinski definition) is 7. The fraction of sp³-hybridized carbons (Fsp3) is 0.700. The molecule has 0 fully saturated rings. The number of nitrogens with zero attached hydrogens (tertiary/aromatic N) is 4. The van der Waals surface area contributed by atoms with E-state index in [1.54, 1.807) is 18.9 Å². The van der Waals surface area contributed by atoms with Gasteiger partial charge in [-0.15, -0.1) is 0 Å². The molecule has 0 aliphatic heterocycles. The van der Waals surface area contributed by atoms with Crippen LogP contribution in [-0.4, -0.2) is 55.1 Å². The molecule has 6 nitrogen and oxygen atoms in total. The maximum absolute atomic E-state index is 5.00. The van der Waals surface area contributed by atoms with Gasteiger partial charge in [-0.25, -0.2) is 0 Å². The highest BCUT2D eigenvalue weighted by Gasteiger charge is 2.07. The highest BCUT2D eigenvalue weighted by atomic mass is 32.2. The number of hydrogen-bond donors (Lipinski definition) is 1. The first kappa shape index (κ1) is 14.0. The van der Waals surface area contributed by atoms with Crippen molar-refractivity contribution in [1.29, 1.82) is 0 Å². The van der Waals surface area contributed by atoms with E-state index in [0.29, 0.717) is 18.5 Å². The number of methoxy groups -OCH3 is 1. The Kier molecular flexibility index (Phi) is 5.99. The van der Waals surface area contributed by atoms with Crippen LogP contribution >= 0.6 is 11.8 Å². The Labute approximate surface area is 106 Å². The van der Waals surface area contributed by atoms with Crippen LogP contribution < -0.4 is 10.2 Å². The van der Waals surface area contributed by atoms with Crippen molar-refractivity contribution in [3.8, 4) is 0 Å². The summed E-state index contributed by atoms with van der Waals surface area (Å²) in [5.41, 5.74) is 0. The maximum Gasteiger partial charge on any atom is 0.230 e. The summed E-state index contributed by atoms with van der Waals surface area (Å²) in [5, 5.41) is 3.82. The summed E-state index contributed by atoms with van der Waals surface area (Å²) in [5.74, 6) is 2.11. The average molecular weight is 257 g/mol. The molecular weight excluding hydrogens is 238 g/mol. The third kappa shape index (κ3) is 4.74. The monoisotopic (exact) mass is 257 g/mol. The third-order valence-corrected chi connectivity index (χ3v) is 2.67. The van der Waals surface area contributed by atoms with Gasteiger partial charge in [-0.05, 0) is 6.92 Å². The molecule has 0 atom stereocenters. The summed E-state index contributed by atoms with van der Waals surface area (Å²) in [4.78, 5) is 14.8. The van der Waals surface area contributed by atoms with E-state index in [-0.39, 0.29) is 0 Å². The minimum Gasteiger partial charge on any atom is -0.384 e. The molecule has 1 aromatic rings. The Bertz CT molecular complexity index is 347. The molecule has 7 heteroatoms. The predicted octanol–water partition coefficient (Wildman–Crippen LogP) is 1.11. The van der Waals surface area contributed by atoms with E-state index in [0.717, 1.165) is 17.5 Å². The lowest BCUT2D eigenvalue weighted by Crippen LogP contribution is -2.15. The molecule has 0 saturated heterocycles. The van der Waals surface area contributed by atoms with Gasteiger partial charge in [0.15, 0.2) is 5.16 Å². The quantitative estimate of drug-likeness (QED) is 0.580. The second-order valence-electron chi connectivity index (χ2n) is 3.51.